The molecule has 1 aromatic heterocycles. The fraction of sp³-hybridized carbons (Fsp3) is 0.176. The smallest absolute Gasteiger partial charge is 0.417 e. The van der Waals surface area contributed by atoms with Crippen molar-refractivity contribution in [1.29, 1.82) is 5.26 Å². The number of halogens is 3. The van der Waals surface area contributed by atoms with E-state index in [-0.39, 0.29) is 23.1 Å². The normalized spacial score (nSPS) is 11.6. The molecule has 0 aliphatic rings. The zero-order chi connectivity index (χ0) is 18.2. The van der Waals surface area contributed by atoms with Gasteiger partial charge in [0.15, 0.2) is 0 Å². The number of fused-ring (bicyclic) bond motifs is 1. The molecule has 8 heteroatoms. The molecule has 0 saturated heterocycles. The van der Waals surface area contributed by atoms with Crippen LogP contribution in [0.15, 0.2) is 42.5 Å². The van der Waals surface area contributed by atoms with Crippen molar-refractivity contribution in [1.82, 2.24) is 4.68 Å². The highest BCUT2D eigenvalue weighted by Gasteiger charge is 2.37. The van der Waals surface area contributed by atoms with Crippen LogP contribution in [0.25, 0.3) is 22.2 Å². The summed E-state index contributed by atoms with van der Waals surface area (Å²) in [7, 11) is 0. The van der Waals surface area contributed by atoms with E-state index in [1.807, 2.05) is 6.07 Å². The lowest BCUT2D eigenvalue weighted by Crippen LogP contribution is -2.38. The second-order valence-corrected chi connectivity index (χ2v) is 5.35. The van der Waals surface area contributed by atoms with Gasteiger partial charge in [0.25, 0.3) is 5.52 Å². The molecule has 3 aromatic rings. The number of nitrogens with zero attached hydrogens (tertiary/aromatic N) is 3. The first-order valence-electron chi connectivity index (χ1n) is 7.32. The minimum atomic E-state index is -4.64. The summed E-state index contributed by atoms with van der Waals surface area (Å²) < 4.78 is 41.4. The van der Waals surface area contributed by atoms with Crippen LogP contribution in [0.4, 0.5) is 13.2 Å². The number of hydrogen-bond donors (Lipinski definition) is 1. The van der Waals surface area contributed by atoms with E-state index in [1.165, 1.54) is 36.4 Å². The van der Waals surface area contributed by atoms with Crippen molar-refractivity contribution in [3.05, 3.63) is 58.8 Å². The zero-order valence-corrected chi connectivity index (χ0v) is 12.8. The Kier molecular flexibility index (Phi) is 4.10. The SMILES string of the molecule is N#Cc1ccc(-c2c3c(C(F)(F)F)cccc3[n+]([O-])n2CCO)cc1. The molecule has 1 heterocycles. The lowest BCUT2D eigenvalue weighted by molar-refractivity contribution is -0.669. The molecule has 3 rings (SSSR count). The molecule has 0 atom stereocenters. The van der Waals surface area contributed by atoms with E-state index in [2.05, 4.69) is 0 Å². The Hall–Kier alpha value is -3.05. The molecule has 0 saturated carbocycles. The summed E-state index contributed by atoms with van der Waals surface area (Å²) in [4.78, 5) is 0.355. The van der Waals surface area contributed by atoms with Crippen LogP contribution < -0.4 is 4.85 Å². The largest absolute Gasteiger partial charge is 0.595 e. The molecule has 128 valence electrons. The molecular weight excluding hydrogens is 335 g/mol. The van der Waals surface area contributed by atoms with Gasteiger partial charge in [-0.05, 0) is 18.2 Å². The molecule has 0 amide bonds. The average Bonchev–Trinajstić information content (AvgIpc) is 2.87. The molecule has 0 radical (unpaired) electrons. The minimum Gasteiger partial charge on any atom is -0.595 e. The molecule has 25 heavy (non-hydrogen) atoms. The van der Waals surface area contributed by atoms with Gasteiger partial charge in [0.2, 0.25) is 0 Å². The van der Waals surface area contributed by atoms with Crippen molar-refractivity contribution in [3.63, 3.8) is 0 Å². The van der Waals surface area contributed by atoms with Crippen molar-refractivity contribution in [2.24, 2.45) is 0 Å². The average molecular weight is 347 g/mol. The van der Waals surface area contributed by atoms with Gasteiger partial charge in [0.1, 0.15) is 12.2 Å². The molecule has 0 aliphatic heterocycles. The monoisotopic (exact) mass is 347 g/mol. The van der Waals surface area contributed by atoms with Gasteiger partial charge in [-0.2, -0.15) is 18.4 Å². The first-order chi connectivity index (χ1) is 11.9. The van der Waals surface area contributed by atoms with E-state index < -0.39 is 18.3 Å². The van der Waals surface area contributed by atoms with Gasteiger partial charge in [-0.1, -0.05) is 23.0 Å². The predicted molar refractivity (Wildman–Crippen MR) is 83.1 cm³/mol. The Morgan fingerprint density at radius 2 is 1.84 bits per heavy atom. The quantitative estimate of drug-likeness (QED) is 0.585. The van der Waals surface area contributed by atoms with E-state index in [4.69, 9.17) is 5.26 Å². The number of benzene rings is 2. The van der Waals surface area contributed by atoms with Crippen LogP contribution in [0, 0.1) is 16.5 Å². The first-order valence-corrected chi connectivity index (χ1v) is 7.32. The van der Waals surface area contributed by atoms with E-state index >= 15 is 0 Å². The van der Waals surface area contributed by atoms with Gasteiger partial charge < -0.3 is 10.3 Å². The molecule has 0 bridgehead atoms. The van der Waals surface area contributed by atoms with E-state index in [0.29, 0.717) is 16.0 Å². The highest BCUT2D eigenvalue weighted by molar-refractivity contribution is 5.94. The van der Waals surface area contributed by atoms with Gasteiger partial charge >= 0.3 is 6.18 Å². The summed E-state index contributed by atoms with van der Waals surface area (Å²) in [5.74, 6) is 0. The molecule has 5 nitrogen and oxygen atoms in total. The summed E-state index contributed by atoms with van der Waals surface area (Å²) >= 11 is 0. The summed E-state index contributed by atoms with van der Waals surface area (Å²) in [5, 5.41) is 30.3. The summed E-state index contributed by atoms with van der Waals surface area (Å²) in [6, 6.07) is 11.2. The maximum atomic E-state index is 13.4. The number of rotatable bonds is 3. The Bertz CT molecular complexity index is 970. The van der Waals surface area contributed by atoms with E-state index in [0.717, 1.165) is 10.7 Å². The highest BCUT2D eigenvalue weighted by atomic mass is 19.4. The predicted octanol–water partition coefficient (Wildman–Crippen LogP) is 2.82. The van der Waals surface area contributed by atoms with Gasteiger partial charge in [-0.15, -0.1) is 4.68 Å². The van der Waals surface area contributed by atoms with Crippen LogP contribution in [-0.4, -0.2) is 16.4 Å². The number of nitriles is 1. The lowest BCUT2D eigenvalue weighted by atomic mass is 10.0. The molecule has 2 aromatic carbocycles. The van der Waals surface area contributed by atoms with Crippen molar-refractivity contribution in [2.45, 2.75) is 12.7 Å². The van der Waals surface area contributed by atoms with Gasteiger partial charge in [-0.3, -0.25) is 0 Å². The van der Waals surface area contributed by atoms with Crippen LogP contribution >= 0.6 is 0 Å². The maximum absolute atomic E-state index is 13.4. The molecular formula is C17H12F3N3O2. The summed E-state index contributed by atoms with van der Waals surface area (Å²) in [5.41, 5.74) is -0.312. The van der Waals surface area contributed by atoms with E-state index in [9.17, 15) is 23.5 Å². The van der Waals surface area contributed by atoms with Crippen molar-refractivity contribution in [2.75, 3.05) is 6.61 Å². The fourth-order valence-corrected chi connectivity index (χ4v) is 2.83. The second kappa shape index (κ2) is 6.11. The topological polar surface area (TPSA) is 75.9 Å². The number of aliphatic hydroxyl groups is 1. The molecule has 0 unspecified atom stereocenters. The first kappa shape index (κ1) is 16.8. The van der Waals surface area contributed by atoms with Crippen LogP contribution in [0.1, 0.15) is 11.1 Å². The zero-order valence-electron chi connectivity index (χ0n) is 12.8. The molecule has 0 fully saturated rings. The third kappa shape index (κ3) is 2.79. The number of aliphatic hydroxyl groups excluding tert-OH is 1. The lowest BCUT2D eigenvalue weighted by Gasteiger charge is -2.09. The van der Waals surface area contributed by atoms with Crippen LogP contribution in [0.3, 0.4) is 0 Å². The van der Waals surface area contributed by atoms with Crippen molar-refractivity contribution >= 4 is 10.9 Å². The molecule has 0 aliphatic carbocycles. The van der Waals surface area contributed by atoms with Gasteiger partial charge in [-0.25, -0.2) is 0 Å². The van der Waals surface area contributed by atoms with Crippen molar-refractivity contribution in [3.8, 4) is 17.3 Å². The van der Waals surface area contributed by atoms with Crippen LogP contribution in [0.5, 0.6) is 0 Å². The van der Waals surface area contributed by atoms with Crippen LogP contribution in [-0.2, 0) is 12.7 Å². The minimum absolute atomic E-state index is 0.0523. The Labute approximate surface area is 140 Å². The third-order valence-corrected chi connectivity index (χ3v) is 3.87. The third-order valence-electron chi connectivity index (χ3n) is 3.87. The van der Waals surface area contributed by atoms with Crippen molar-refractivity contribution < 1.29 is 23.1 Å². The van der Waals surface area contributed by atoms with Gasteiger partial charge in [0, 0.05) is 11.6 Å². The van der Waals surface area contributed by atoms with Crippen LogP contribution in [0.2, 0.25) is 0 Å². The standard InChI is InChI=1S/C17H12F3N3O2/c18-17(19,20)13-2-1-3-14-15(13)16(22(8-9-24)23(14)25)12-6-4-11(10-21)5-7-12/h1-7,24H,8-9H2. The number of hydrogen-bond acceptors (Lipinski definition) is 3. The van der Waals surface area contributed by atoms with Gasteiger partial charge in [0.05, 0.1) is 29.2 Å². The Morgan fingerprint density at radius 1 is 1.16 bits per heavy atom. The molecule has 1 N–H and O–H groups in total. The Morgan fingerprint density at radius 3 is 2.40 bits per heavy atom. The Balaban J connectivity index is 2.41. The van der Waals surface area contributed by atoms with E-state index in [1.54, 1.807) is 0 Å². The number of aromatic nitrogens is 2. The summed E-state index contributed by atoms with van der Waals surface area (Å²) in [6.07, 6.45) is -4.64. The second-order valence-electron chi connectivity index (χ2n) is 5.35. The summed E-state index contributed by atoms with van der Waals surface area (Å²) in [6.45, 7) is -0.571. The number of alkyl halides is 3. The maximum Gasteiger partial charge on any atom is 0.417 e. The fourth-order valence-electron chi connectivity index (χ4n) is 2.83. The highest BCUT2D eigenvalue weighted by Crippen LogP contribution is 2.39. The molecule has 0 spiro atoms.